The van der Waals surface area contributed by atoms with E-state index in [2.05, 4.69) is 0 Å². The van der Waals surface area contributed by atoms with Crippen molar-refractivity contribution < 1.29 is 9.53 Å². The lowest BCUT2D eigenvalue weighted by atomic mass is 9.82. The van der Waals surface area contributed by atoms with Gasteiger partial charge in [-0.3, -0.25) is 4.79 Å². The quantitative estimate of drug-likeness (QED) is 0.720. The summed E-state index contributed by atoms with van der Waals surface area (Å²) in [7, 11) is 1.73. The molecule has 1 saturated heterocycles. The van der Waals surface area contributed by atoms with Crippen LogP contribution in [0.2, 0.25) is 0 Å². The largest absolute Gasteiger partial charge is 0.384 e. The van der Waals surface area contributed by atoms with Crippen LogP contribution in [0, 0.1) is 22.7 Å². The van der Waals surface area contributed by atoms with Crippen LogP contribution >= 0.6 is 0 Å². The minimum absolute atomic E-state index is 0.00970. The van der Waals surface area contributed by atoms with Gasteiger partial charge >= 0.3 is 0 Å². The van der Waals surface area contributed by atoms with Crippen LogP contribution in [0.15, 0.2) is 0 Å². The maximum absolute atomic E-state index is 11.7. The summed E-state index contributed by atoms with van der Waals surface area (Å²) in [6.07, 6.45) is 3.60. The first-order valence-corrected chi connectivity index (χ1v) is 5.85. The Hall–Kier alpha value is -1.08. The molecule has 1 aliphatic carbocycles. The minimum atomic E-state index is -0.0209. The molecule has 2 aliphatic rings. The second-order valence-electron chi connectivity index (χ2n) is 4.99. The van der Waals surface area contributed by atoms with Crippen LogP contribution < -0.4 is 0 Å². The molecule has 0 aromatic heterocycles. The third-order valence-corrected chi connectivity index (χ3v) is 4.05. The number of amides is 1. The molecule has 0 spiro atoms. The molecule has 0 N–H and O–H groups in total. The zero-order valence-corrected chi connectivity index (χ0v) is 9.74. The first-order valence-electron chi connectivity index (χ1n) is 5.85. The lowest BCUT2D eigenvalue weighted by molar-refractivity contribution is -0.129. The van der Waals surface area contributed by atoms with Gasteiger partial charge in [-0.15, -0.1) is 0 Å². The van der Waals surface area contributed by atoms with Gasteiger partial charge in [0.2, 0.25) is 5.91 Å². The number of ether oxygens (including phenoxy) is 1. The van der Waals surface area contributed by atoms with Crippen LogP contribution in [0.1, 0.15) is 25.7 Å². The van der Waals surface area contributed by atoms with Crippen molar-refractivity contribution in [3.63, 3.8) is 0 Å². The lowest BCUT2D eigenvalue weighted by Crippen LogP contribution is -2.34. The number of likely N-dealkylation sites (tertiary alicyclic amines) is 1. The Morgan fingerprint density at radius 3 is 3.19 bits per heavy atom. The van der Waals surface area contributed by atoms with Gasteiger partial charge in [0.05, 0.1) is 12.7 Å². The first kappa shape index (κ1) is 11.4. The molecule has 2 rings (SSSR count). The normalized spacial score (nSPS) is 32.5. The number of carbonyl (C=O) groups is 1. The summed E-state index contributed by atoms with van der Waals surface area (Å²) in [5, 5.41) is 8.55. The maximum Gasteiger partial charge on any atom is 0.236 e. The van der Waals surface area contributed by atoms with E-state index in [0.29, 0.717) is 5.92 Å². The molecule has 0 unspecified atom stereocenters. The molecular weight excluding hydrogens is 204 g/mol. The molecule has 0 aromatic rings. The molecule has 0 aromatic carbocycles. The molecule has 16 heavy (non-hydrogen) atoms. The van der Waals surface area contributed by atoms with E-state index in [1.165, 1.54) is 12.8 Å². The van der Waals surface area contributed by atoms with E-state index >= 15 is 0 Å². The average molecular weight is 222 g/mol. The van der Waals surface area contributed by atoms with Crippen molar-refractivity contribution in [3.05, 3.63) is 0 Å². The second-order valence-corrected chi connectivity index (χ2v) is 4.99. The Morgan fingerprint density at radius 2 is 2.50 bits per heavy atom. The summed E-state index contributed by atoms with van der Waals surface area (Å²) < 4.78 is 5.32. The monoisotopic (exact) mass is 222 g/mol. The number of methoxy groups -OCH3 is 1. The van der Waals surface area contributed by atoms with Crippen molar-refractivity contribution in [1.82, 2.24) is 4.90 Å². The Labute approximate surface area is 96.2 Å². The highest BCUT2D eigenvalue weighted by Gasteiger charge is 2.50. The smallest absolute Gasteiger partial charge is 0.236 e. The molecule has 88 valence electrons. The molecule has 1 saturated carbocycles. The van der Waals surface area contributed by atoms with Crippen LogP contribution in [0.5, 0.6) is 0 Å². The predicted molar refractivity (Wildman–Crippen MR) is 58.5 cm³/mol. The Bertz CT molecular complexity index is 323. The molecule has 4 heteroatoms. The van der Waals surface area contributed by atoms with Gasteiger partial charge in [0.25, 0.3) is 0 Å². The Balaban J connectivity index is 2.05. The van der Waals surface area contributed by atoms with E-state index in [1.807, 2.05) is 11.0 Å². The zero-order valence-electron chi connectivity index (χ0n) is 9.74. The number of carbonyl (C=O) groups excluding carboxylic acids is 1. The topological polar surface area (TPSA) is 53.3 Å². The first-order chi connectivity index (χ1) is 7.72. The molecule has 1 amide bonds. The van der Waals surface area contributed by atoms with E-state index in [9.17, 15) is 4.79 Å². The van der Waals surface area contributed by atoms with Gasteiger partial charge in [0.15, 0.2) is 0 Å². The standard InChI is InChI=1S/C12H18N2O2/c1-16-9-12-5-2-3-10(12)7-14(8-12)11(15)4-6-13/h10H,2-5,7-9H2,1H3/t10-,12+/m1/s1. The molecular formula is C12H18N2O2. The van der Waals surface area contributed by atoms with Gasteiger partial charge in [0.1, 0.15) is 6.42 Å². The Kier molecular flexibility index (Phi) is 3.15. The van der Waals surface area contributed by atoms with Gasteiger partial charge < -0.3 is 9.64 Å². The van der Waals surface area contributed by atoms with Crippen molar-refractivity contribution in [2.45, 2.75) is 25.7 Å². The number of rotatable bonds is 3. The molecule has 0 bridgehead atoms. The van der Waals surface area contributed by atoms with Gasteiger partial charge in [0, 0.05) is 25.6 Å². The van der Waals surface area contributed by atoms with Crippen LogP contribution in [0.4, 0.5) is 0 Å². The third kappa shape index (κ3) is 1.80. The van der Waals surface area contributed by atoms with E-state index in [4.69, 9.17) is 10.00 Å². The third-order valence-electron chi connectivity index (χ3n) is 4.05. The molecule has 4 nitrogen and oxygen atoms in total. The van der Waals surface area contributed by atoms with Gasteiger partial charge in [-0.25, -0.2) is 0 Å². The van der Waals surface area contributed by atoms with Crippen LogP contribution in [-0.4, -0.2) is 37.6 Å². The molecule has 0 radical (unpaired) electrons. The van der Waals surface area contributed by atoms with Crippen molar-refractivity contribution >= 4 is 5.91 Å². The van der Waals surface area contributed by atoms with Crippen molar-refractivity contribution in [2.24, 2.45) is 11.3 Å². The SMILES string of the molecule is COC[C@@]12CCC[C@@H]1CN(C(=O)CC#N)C2. The summed E-state index contributed by atoms with van der Waals surface area (Å²) >= 11 is 0. The molecule has 2 atom stereocenters. The van der Waals surface area contributed by atoms with Gasteiger partial charge in [-0.05, 0) is 18.8 Å². The summed E-state index contributed by atoms with van der Waals surface area (Å²) in [6, 6.07) is 1.93. The van der Waals surface area contributed by atoms with E-state index in [0.717, 1.165) is 26.1 Å². The highest BCUT2D eigenvalue weighted by Crippen LogP contribution is 2.48. The fourth-order valence-corrected chi connectivity index (χ4v) is 3.31. The minimum Gasteiger partial charge on any atom is -0.384 e. The van der Waals surface area contributed by atoms with Crippen LogP contribution in [0.3, 0.4) is 0 Å². The van der Waals surface area contributed by atoms with Crippen LogP contribution in [0.25, 0.3) is 0 Å². The summed E-state index contributed by atoms with van der Waals surface area (Å²) in [5.41, 5.74) is 0.180. The summed E-state index contributed by atoms with van der Waals surface area (Å²) in [5.74, 6) is 0.558. The number of fused-ring (bicyclic) bond motifs is 1. The number of nitrogens with zero attached hydrogens (tertiary/aromatic N) is 2. The fraction of sp³-hybridized carbons (Fsp3) is 0.833. The van der Waals surface area contributed by atoms with E-state index in [1.54, 1.807) is 7.11 Å². The van der Waals surface area contributed by atoms with Gasteiger partial charge in [-0.1, -0.05) is 6.42 Å². The van der Waals surface area contributed by atoms with Crippen molar-refractivity contribution in [1.29, 1.82) is 5.26 Å². The number of hydrogen-bond acceptors (Lipinski definition) is 3. The fourth-order valence-electron chi connectivity index (χ4n) is 3.31. The zero-order chi connectivity index (χ0) is 11.6. The Morgan fingerprint density at radius 1 is 1.69 bits per heavy atom. The van der Waals surface area contributed by atoms with Gasteiger partial charge in [-0.2, -0.15) is 5.26 Å². The predicted octanol–water partition coefficient (Wildman–Crippen LogP) is 1.18. The van der Waals surface area contributed by atoms with Crippen LogP contribution in [-0.2, 0) is 9.53 Å². The summed E-state index contributed by atoms with van der Waals surface area (Å²) in [6.45, 7) is 2.35. The van der Waals surface area contributed by atoms with Crippen molar-refractivity contribution in [3.8, 4) is 6.07 Å². The second kappa shape index (κ2) is 4.42. The van der Waals surface area contributed by atoms with E-state index < -0.39 is 0 Å². The van der Waals surface area contributed by atoms with Crippen molar-refractivity contribution in [2.75, 3.05) is 26.8 Å². The van der Waals surface area contributed by atoms with E-state index in [-0.39, 0.29) is 17.7 Å². The molecule has 2 fully saturated rings. The highest BCUT2D eigenvalue weighted by atomic mass is 16.5. The molecule has 1 heterocycles. The molecule has 1 aliphatic heterocycles. The lowest BCUT2D eigenvalue weighted by Gasteiger charge is -2.27. The average Bonchev–Trinajstić information content (AvgIpc) is 2.74. The summed E-state index contributed by atoms with van der Waals surface area (Å²) in [4.78, 5) is 13.5. The number of nitriles is 1. The highest BCUT2D eigenvalue weighted by molar-refractivity contribution is 5.78. The maximum atomic E-state index is 11.7. The number of hydrogen-bond donors (Lipinski definition) is 0.